The standard InChI is InChI=1S/C19H25N5S/c1-2-3-14-10-15-17(23-13-6-4-12(20)5-7-13)16(11-22-18(15)24-14)19-21-8-9-25-19/h8-13H,2-7,20H2,1H3,(H2,22,23,24)/t12-,13-. The summed E-state index contributed by atoms with van der Waals surface area (Å²) in [4.78, 5) is 12.6. The lowest BCUT2D eigenvalue weighted by Crippen LogP contribution is -2.33. The summed E-state index contributed by atoms with van der Waals surface area (Å²) in [5, 5.41) is 8.01. The van der Waals surface area contributed by atoms with Crippen molar-refractivity contribution in [1.82, 2.24) is 15.0 Å². The van der Waals surface area contributed by atoms with Gasteiger partial charge < -0.3 is 16.0 Å². The summed E-state index contributed by atoms with van der Waals surface area (Å²) in [5.74, 6) is 0. The smallest absolute Gasteiger partial charge is 0.139 e. The van der Waals surface area contributed by atoms with Gasteiger partial charge in [0.05, 0.1) is 11.3 Å². The molecule has 0 radical (unpaired) electrons. The Morgan fingerprint density at radius 3 is 2.84 bits per heavy atom. The van der Waals surface area contributed by atoms with Crippen molar-refractivity contribution in [3.05, 3.63) is 29.5 Å². The van der Waals surface area contributed by atoms with Crippen LogP contribution in [0.1, 0.15) is 44.7 Å². The number of nitrogens with one attached hydrogen (secondary N) is 2. The summed E-state index contributed by atoms with van der Waals surface area (Å²) in [7, 11) is 0. The second-order valence-corrected chi connectivity index (χ2v) is 7.84. The van der Waals surface area contributed by atoms with Crippen LogP contribution < -0.4 is 11.1 Å². The molecule has 1 saturated carbocycles. The molecule has 5 nitrogen and oxygen atoms in total. The molecule has 3 heterocycles. The third-order valence-corrected chi connectivity index (χ3v) is 5.82. The van der Waals surface area contributed by atoms with Crippen molar-refractivity contribution in [1.29, 1.82) is 0 Å². The Morgan fingerprint density at radius 1 is 1.28 bits per heavy atom. The highest BCUT2D eigenvalue weighted by Crippen LogP contribution is 2.36. The number of hydrogen-bond acceptors (Lipinski definition) is 5. The number of rotatable bonds is 5. The molecule has 0 atom stereocenters. The topological polar surface area (TPSA) is 79.6 Å². The lowest BCUT2D eigenvalue weighted by molar-refractivity contribution is 0.411. The Bertz CT molecular complexity index is 831. The molecule has 3 aromatic rings. The SMILES string of the molecule is CCCc1cc2c(N[C@H]3CC[C@H](N)CC3)c(-c3nccs3)cnc2[nH]1. The van der Waals surface area contributed by atoms with Gasteiger partial charge in [0, 0.05) is 40.9 Å². The van der Waals surface area contributed by atoms with Gasteiger partial charge in [-0.05, 0) is 38.2 Å². The molecule has 0 spiro atoms. The van der Waals surface area contributed by atoms with E-state index in [4.69, 9.17) is 5.73 Å². The highest BCUT2D eigenvalue weighted by Gasteiger charge is 2.22. The fraction of sp³-hybridized carbons (Fsp3) is 0.474. The first kappa shape index (κ1) is 16.5. The zero-order valence-corrected chi connectivity index (χ0v) is 15.4. The van der Waals surface area contributed by atoms with E-state index in [9.17, 15) is 0 Å². The number of anilines is 1. The molecule has 3 aromatic heterocycles. The van der Waals surface area contributed by atoms with E-state index in [0.29, 0.717) is 12.1 Å². The number of aromatic amines is 1. The van der Waals surface area contributed by atoms with Crippen LogP contribution in [0.2, 0.25) is 0 Å². The minimum Gasteiger partial charge on any atom is -0.381 e. The number of nitrogens with two attached hydrogens (primary N) is 1. The molecule has 1 aliphatic rings. The van der Waals surface area contributed by atoms with E-state index in [2.05, 4.69) is 33.3 Å². The van der Waals surface area contributed by atoms with E-state index in [-0.39, 0.29) is 0 Å². The zero-order valence-electron chi connectivity index (χ0n) is 14.6. The van der Waals surface area contributed by atoms with Gasteiger partial charge in [-0.25, -0.2) is 9.97 Å². The van der Waals surface area contributed by atoms with E-state index in [0.717, 1.165) is 54.7 Å². The normalized spacial score (nSPS) is 20.9. The van der Waals surface area contributed by atoms with E-state index >= 15 is 0 Å². The van der Waals surface area contributed by atoms with Crippen molar-refractivity contribution in [3.63, 3.8) is 0 Å². The molecule has 132 valence electrons. The Hall–Kier alpha value is -1.92. The van der Waals surface area contributed by atoms with Crippen molar-refractivity contribution in [2.75, 3.05) is 5.32 Å². The summed E-state index contributed by atoms with van der Waals surface area (Å²) in [6.07, 6.45) is 10.4. The molecule has 25 heavy (non-hydrogen) atoms. The Labute approximate surface area is 152 Å². The number of hydrogen-bond donors (Lipinski definition) is 3. The van der Waals surface area contributed by atoms with Gasteiger partial charge in [-0.1, -0.05) is 13.3 Å². The number of pyridine rings is 1. The van der Waals surface area contributed by atoms with Crippen LogP contribution in [0.4, 0.5) is 5.69 Å². The molecule has 1 fully saturated rings. The highest BCUT2D eigenvalue weighted by molar-refractivity contribution is 7.13. The summed E-state index contributed by atoms with van der Waals surface area (Å²) < 4.78 is 0. The average Bonchev–Trinajstić information content (AvgIpc) is 3.27. The van der Waals surface area contributed by atoms with Gasteiger partial charge in [0.2, 0.25) is 0 Å². The first-order valence-corrected chi connectivity index (χ1v) is 10.0. The highest BCUT2D eigenvalue weighted by atomic mass is 32.1. The number of thiazole rings is 1. The van der Waals surface area contributed by atoms with Crippen LogP contribution in [0.25, 0.3) is 21.6 Å². The monoisotopic (exact) mass is 355 g/mol. The number of nitrogens with zero attached hydrogens (tertiary/aromatic N) is 2. The first-order valence-electron chi connectivity index (χ1n) is 9.17. The quantitative estimate of drug-likeness (QED) is 0.637. The van der Waals surface area contributed by atoms with Crippen molar-refractivity contribution >= 4 is 28.1 Å². The fourth-order valence-electron chi connectivity index (χ4n) is 3.67. The molecule has 4 rings (SSSR count). The predicted octanol–water partition coefficient (Wildman–Crippen LogP) is 4.32. The second kappa shape index (κ2) is 7.14. The van der Waals surface area contributed by atoms with Crippen LogP contribution in [0.3, 0.4) is 0 Å². The van der Waals surface area contributed by atoms with Crippen LogP contribution >= 0.6 is 11.3 Å². The summed E-state index contributed by atoms with van der Waals surface area (Å²) in [6.45, 7) is 2.20. The minimum atomic E-state index is 0.359. The van der Waals surface area contributed by atoms with Gasteiger partial charge >= 0.3 is 0 Å². The summed E-state index contributed by atoms with van der Waals surface area (Å²) in [6, 6.07) is 3.07. The molecule has 0 unspecified atom stereocenters. The lowest BCUT2D eigenvalue weighted by Gasteiger charge is -2.28. The third-order valence-electron chi connectivity index (χ3n) is 5.02. The van der Waals surface area contributed by atoms with Gasteiger partial charge in [-0.15, -0.1) is 11.3 Å². The van der Waals surface area contributed by atoms with E-state index < -0.39 is 0 Å². The van der Waals surface area contributed by atoms with Crippen LogP contribution in [0.5, 0.6) is 0 Å². The first-order chi connectivity index (χ1) is 12.2. The zero-order chi connectivity index (χ0) is 17.2. The third kappa shape index (κ3) is 3.41. The van der Waals surface area contributed by atoms with Crippen LogP contribution in [-0.4, -0.2) is 27.0 Å². The Morgan fingerprint density at radius 2 is 2.12 bits per heavy atom. The molecule has 6 heteroatoms. The van der Waals surface area contributed by atoms with E-state index in [1.165, 1.54) is 16.8 Å². The van der Waals surface area contributed by atoms with Crippen LogP contribution in [-0.2, 0) is 6.42 Å². The van der Waals surface area contributed by atoms with Crippen LogP contribution in [0, 0.1) is 0 Å². The Kier molecular flexibility index (Phi) is 4.72. The van der Waals surface area contributed by atoms with Gasteiger partial charge in [0.15, 0.2) is 0 Å². The maximum atomic E-state index is 6.07. The molecule has 0 saturated heterocycles. The lowest BCUT2D eigenvalue weighted by atomic mass is 9.91. The van der Waals surface area contributed by atoms with Crippen LogP contribution in [0.15, 0.2) is 23.8 Å². The predicted molar refractivity (Wildman–Crippen MR) is 105 cm³/mol. The van der Waals surface area contributed by atoms with E-state index in [1.807, 2.05) is 17.8 Å². The molecule has 0 amide bonds. The molecule has 0 aliphatic heterocycles. The average molecular weight is 356 g/mol. The maximum absolute atomic E-state index is 6.07. The number of aromatic nitrogens is 3. The molecule has 1 aliphatic carbocycles. The maximum Gasteiger partial charge on any atom is 0.139 e. The number of aryl methyl sites for hydroxylation is 1. The second-order valence-electron chi connectivity index (χ2n) is 6.95. The molecular weight excluding hydrogens is 330 g/mol. The molecular formula is C19H25N5S. The van der Waals surface area contributed by atoms with Gasteiger partial charge in [-0.2, -0.15) is 0 Å². The Balaban J connectivity index is 1.75. The van der Waals surface area contributed by atoms with Crippen molar-refractivity contribution in [3.8, 4) is 10.6 Å². The fourth-order valence-corrected chi connectivity index (χ4v) is 4.33. The van der Waals surface area contributed by atoms with Crippen molar-refractivity contribution < 1.29 is 0 Å². The molecule has 0 bridgehead atoms. The molecule has 4 N–H and O–H groups in total. The largest absolute Gasteiger partial charge is 0.381 e. The van der Waals surface area contributed by atoms with Gasteiger partial charge in [-0.3, -0.25) is 0 Å². The minimum absolute atomic E-state index is 0.359. The summed E-state index contributed by atoms with van der Waals surface area (Å²) >= 11 is 1.66. The number of H-pyrrole nitrogens is 1. The van der Waals surface area contributed by atoms with Gasteiger partial charge in [0.1, 0.15) is 10.7 Å². The number of fused-ring (bicyclic) bond motifs is 1. The summed E-state index contributed by atoms with van der Waals surface area (Å²) in [5.41, 5.74) is 10.5. The van der Waals surface area contributed by atoms with Crippen molar-refractivity contribution in [2.24, 2.45) is 5.73 Å². The molecule has 0 aromatic carbocycles. The van der Waals surface area contributed by atoms with E-state index in [1.54, 1.807) is 11.3 Å². The van der Waals surface area contributed by atoms with Gasteiger partial charge in [0.25, 0.3) is 0 Å². The van der Waals surface area contributed by atoms with Crippen molar-refractivity contribution in [2.45, 2.75) is 57.5 Å².